The Hall–Kier alpha value is -3.01. The van der Waals surface area contributed by atoms with E-state index in [0.29, 0.717) is 17.3 Å². The summed E-state index contributed by atoms with van der Waals surface area (Å²) in [5.41, 5.74) is 1.63. The molecule has 2 heterocycles. The molecule has 0 saturated carbocycles. The van der Waals surface area contributed by atoms with Gasteiger partial charge in [-0.25, -0.2) is 0 Å². The lowest BCUT2D eigenvalue weighted by atomic mass is 9.88. The molecule has 114 valence electrons. The summed E-state index contributed by atoms with van der Waals surface area (Å²) in [6.45, 7) is 0.119. The first kappa shape index (κ1) is 13.6. The van der Waals surface area contributed by atoms with Crippen molar-refractivity contribution in [2.24, 2.45) is 0 Å². The molecule has 2 aromatic carbocycles. The van der Waals surface area contributed by atoms with Gasteiger partial charge in [0.15, 0.2) is 0 Å². The van der Waals surface area contributed by atoms with Gasteiger partial charge in [-0.3, -0.25) is 4.79 Å². The van der Waals surface area contributed by atoms with Gasteiger partial charge in [0.05, 0.1) is 6.26 Å². The summed E-state index contributed by atoms with van der Waals surface area (Å²) in [4.78, 5) is 12.7. The second kappa shape index (κ2) is 5.65. The zero-order chi connectivity index (χ0) is 15.6. The van der Waals surface area contributed by atoms with E-state index in [-0.39, 0.29) is 12.6 Å². The van der Waals surface area contributed by atoms with Crippen molar-refractivity contribution in [2.75, 3.05) is 0 Å². The molecule has 0 atom stereocenters. The number of esters is 1. The van der Waals surface area contributed by atoms with Crippen LogP contribution >= 0.6 is 0 Å². The van der Waals surface area contributed by atoms with Gasteiger partial charge in [-0.1, -0.05) is 36.4 Å². The summed E-state index contributed by atoms with van der Waals surface area (Å²) in [5, 5.41) is 0. The Morgan fingerprint density at radius 3 is 2.17 bits per heavy atom. The molecular formula is C19H14O4. The number of carbonyl (C=O) groups excluding carboxylic acids is 1. The van der Waals surface area contributed by atoms with Crippen molar-refractivity contribution in [1.29, 1.82) is 0 Å². The van der Waals surface area contributed by atoms with Crippen LogP contribution in [0.1, 0.15) is 22.8 Å². The number of hydrogen-bond donors (Lipinski definition) is 0. The van der Waals surface area contributed by atoms with E-state index in [0.717, 1.165) is 11.1 Å². The third-order valence-corrected chi connectivity index (χ3v) is 3.85. The Kier molecular flexibility index (Phi) is 3.35. The number of carbonyl (C=O) groups is 1. The molecule has 0 unspecified atom stereocenters. The fourth-order valence-electron chi connectivity index (χ4n) is 2.78. The number of furan rings is 1. The number of fused-ring (bicyclic) bond motifs is 2. The van der Waals surface area contributed by atoms with Crippen molar-refractivity contribution in [2.45, 2.75) is 12.5 Å². The summed E-state index contributed by atoms with van der Waals surface area (Å²) in [5.74, 6) is 1.18. The molecule has 0 N–H and O–H groups in total. The Morgan fingerprint density at radius 1 is 0.913 bits per heavy atom. The first-order valence-electron chi connectivity index (χ1n) is 7.37. The summed E-state index contributed by atoms with van der Waals surface area (Å²) in [6, 6.07) is 18.6. The lowest BCUT2D eigenvalue weighted by molar-refractivity contribution is -0.146. The molecule has 0 radical (unpaired) electrons. The van der Waals surface area contributed by atoms with Crippen molar-refractivity contribution in [3.8, 4) is 11.5 Å². The minimum atomic E-state index is -0.494. The average molecular weight is 306 g/mol. The molecule has 23 heavy (non-hydrogen) atoms. The van der Waals surface area contributed by atoms with Gasteiger partial charge in [0.2, 0.25) is 0 Å². The molecule has 4 nitrogen and oxygen atoms in total. The van der Waals surface area contributed by atoms with Crippen LogP contribution in [0.4, 0.5) is 0 Å². The molecule has 0 saturated heterocycles. The van der Waals surface area contributed by atoms with Crippen LogP contribution in [0.5, 0.6) is 11.5 Å². The topological polar surface area (TPSA) is 48.7 Å². The Bertz CT molecular complexity index is 791. The summed E-state index contributed by atoms with van der Waals surface area (Å²) < 4.78 is 16.5. The molecule has 1 aliphatic heterocycles. The van der Waals surface area contributed by atoms with Crippen LogP contribution in [-0.4, -0.2) is 5.97 Å². The zero-order valence-electron chi connectivity index (χ0n) is 12.3. The highest BCUT2D eigenvalue weighted by atomic mass is 16.5. The zero-order valence-corrected chi connectivity index (χ0v) is 12.3. The van der Waals surface area contributed by atoms with Crippen LogP contribution in [0.2, 0.25) is 0 Å². The highest BCUT2D eigenvalue weighted by molar-refractivity contribution is 5.85. The van der Waals surface area contributed by atoms with Gasteiger partial charge in [0, 0.05) is 11.1 Å². The number of ether oxygens (including phenoxy) is 2. The van der Waals surface area contributed by atoms with E-state index in [9.17, 15) is 4.79 Å². The van der Waals surface area contributed by atoms with E-state index in [2.05, 4.69) is 0 Å². The van der Waals surface area contributed by atoms with Crippen molar-refractivity contribution < 1.29 is 18.7 Å². The van der Waals surface area contributed by atoms with Gasteiger partial charge >= 0.3 is 5.97 Å². The molecule has 0 spiro atoms. The second-order valence-corrected chi connectivity index (χ2v) is 5.30. The molecule has 3 aromatic rings. The first-order chi connectivity index (χ1) is 11.3. The van der Waals surface area contributed by atoms with Crippen LogP contribution in [0.25, 0.3) is 0 Å². The van der Waals surface area contributed by atoms with Crippen LogP contribution < -0.4 is 4.74 Å². The Balaban J connectivity index is 1.68. The molecular weight excluding hydrogens is 292 g/mol. The number of para-hydroxylation sites is 2. The van der Waals surface area contributed by atoms with Gasteiger partial charge in [-0.2, -0.15) is 0 Å². The van der Waals surface area contributed by atoms with Gasteiger partial charge in [-0.15, -0.1) is 0 Å². The predicted octanol–water partition coefficient (Wildman–Crippen LogP) is 4.26. The number of rotatable bonds is 3. The van der Waals surface area contributed by atoms with Crippen LogP contribution in [0.3, 0.4) is 0 Å². The van der Waals surface area contributed by atoms with Crippen molar-refractivity contribution in [3.63, 3.8) is 0 Å². The van der Waals surface area contributed by atoms with Gasteiger partial charge in [0.1, 0.15) is 29.8 Å². The van der Waals surface area contributed by atoms with Crippen LogP contribution in [-0.2, 0) is 16.1 Å². The second-order valence-electron chi connectivity index (χ2n) is 5.30. The summed E-state index contributed by atoms with van der Waals surface area (Å²) >= 11 is 0. The maximum atomic E-state index is 12.7. The van der Waals surface area contributed by atoms with E-state index in [1.807, 2.05) is 48.5 Å². The lowest BCUT2D eigenvalue weighted by Crippen LogP contribution is -2.21. The van der Waals surface area contributed by atoms with Crippen molar-refractivity contribution in [3.05, 3.63) is 83.8 Å². The fraction of sp³-hybridized carbons (Fsp3) is 0.105. The van der Waals surface area contributed by atoms with Gasteiger partial charge in [-0.05, 0) is 24.3 Å². The third kappa shape index (κ3) is 2.48. The first-order valence-corrected chi connectivity index (χ1v) is 7.37. The van der Waals surface area contributed by atoms with Gasteiger partial charge < -0.3 is 13.9 Å². The molecule has 1 aromatic heterocycles. The van der Waals surface area contributed by atoms with E-state index < -0.39 is 5.92 Å². The van der Waals surface area contributed by atoms with Crippen molar-refractivity contribution in [1.82, 2.24) is 0 Å². The lowest BCUT2D eigenvalue weighted by Gasteiger charge is -2.26. The Morgan fingerprint density at radius 2 is 1.57 bits per heavy atom. The molecule has 0 fully saturated rings. The summed E-state index contributed by atoms with van der Waals surface area (Å²) in [6.07, 6.45) is 1.56. The van der Waals surface area contributed by atoms with Crippen LogP contribution in [0, 0.1) is 0 Å². The normalized spacial score (nSPS) is 12.9. The molecule has 0 amide bonds. The minimum absolute atomic E-state index is 0.119. The van der Waals surface area contributed by atoms with Crippen LogP contribution in [0.15, 0.2) is 71.3 Å². The SMILES string of the molecule is O=C(OCc1ccco1)C1c2ccccc2Oc2ccccc21. The molecule has 0 aliphatic carbocycles. The Labute approximate surface area is 133 Å². The number of hydrogen-bond acceptors (Lipinski definition) is 4. The standard InChI is InChI=1S/C19H14O4/c20-19(22-12-13-6-5-11-21-13)18-14-7-1-3-9-16(14)23-17-10-4-2-8-15(17)18/h1-11,18H,12H2. The number of benzene rings is 2. The molecule has 4 heteroatoms. The summed E-state index contributed by atoms with van der Waals surface area (Å²) in [7, 11) is 0. The fourth-order valence-corrected chi connectivity index (χ4v) is 2.78. The van der Waals surface area contributed by atoms with Crippen molar-refractivity contribution >= 4 is 5.97 Å². The van der Waals surface area contributed by atoms with E-state index in [4.69, 9.17) is 13.9 Å². The predicted molar refractivity (Wildman–Crippen MR) is 83.3 cm³/mol. The largest absolute Gasteiger partial charge is 0.466 e. The maximum absolute atomic E-state index is 12.7. The van der Waals surface area contributed by atoms with E-state index >= 15 is 0 Å². The molecule has 0 bridgehead atoms. The smallest absolute Gasteiger partial charge is 0.318 e. The molecule has 1 aliphatic rings. The van der Waals surface area contributed by atoms with E-state index in [1.165, 1.54) is 0 Å². The monoisotopic (exact) mass is 306 g/mol. The highest BCUT2D eigenvalue weighted by Crippen LogP contribution is 2.44. The van der Waals surface area contributed by atoms with E-state index in [1.54, 1.807) is 18.4 Å². The third-order valence-electron chi connectivity index (χ3n) is 3.85. The highest BCUT2D eigenvalue weighted by Gasteiger charge is 2.33. The van der Waals surface area contributed by atoms with Gasteiger partial charge in [0.25, 0.3) is 0 Å². The molecule has 4 rings (SSSR count). The minimum Gasteiger partial charge on any atom is -0.466 e. The average Bonchev–Trinajstić information content (AvgIpc) is 3.11. The quantitative estimate of drug-likeness (QED) is 0.678. The maximum Gasteiger partial charge on any atom is 0.318 e.